The Balaban J connectivity index is 1.20. The number of aromatic nitrogens is 1. The van der Waals surface area contributed by atoms with Crippen molar-refractivity contribution in [3.8, 4) is 0 Å². The average molecular weight is 927 g/mol. The SMILES string of the molecule is CCCCSc1c(Cl)c2c(c(SCCCC)c1SCCCC)C(=O)N(c1ccc(CN3C(=O)c4cccc5cccc(c45)C3=O)c3ccc(C4C(=O)c5ccccc5C4=O)nc13)C2=O. The highest BCUT2D eigenvalue weighted by Gasteiger charge is 2.45. The van der Waals surface area contributed by atoms with Crippen LogP contribution in [0.1, 0.15) is 139 Å². The average Bonchev–Trinajstić information content (AvgIpc) is 3.72. The minimum atomic E-state index is -1.25. The van der Waals surface area contributed by atoms with Gasteiger partial charge in [-0.2, -0.15) is 0 Å². The van der Waals surface area contributed by atoms with Crippen LogP contribution >= 0.6 is 46.9 Å². The van der Waals surface area contributed by atoms with Gasteiger partial charge < -0.3 is 0 Å². The lowest BCUT2D eigenvalue weighted by Crippen LogP contribution is -2.39. The predicted octanol–water partition coefficient (Wildman–Crippen LogP) is 12.5. The lowest BCUT2D eigenvalue weighted by molar-refractivity contribution is 0.0597. The maximum atomic E-state index is 15.2. The van der Waals surface area contributed by atoms with Crippen LogP contribution in [0.5, 0.6) is 0 Å². The van der Waals surface area contributed by atoms with Gasteiger partial charge in [0.2, 0.25) is 0 Å². The van der Waals surface area contributed by atoms with Crippen LogP contribution in [0.2, 0.25) is 5.02 Å². The zero-order valence-electron chi connectivity index (χ0n) is 35.6. The first-order valence-corrected chi connectivity index (χ1v) is 25.1. The van der Waals surface area contributed by atoms with Crippen molar-refractivity contribution < 1.29 is 28.8 Å². The number of carbonyl (C=O) groups excluding carboxylic acids is 6. The molecular formula is C51H44ClN3O6S3. The van der Waals surface area contributed by atoms with E-state index in [9.17, 15) is 19.2 Å². The summed E-state index contributed by atoms with van der Waals surface area (Å²) < 4.78 is 0. The minimum absolute atomic E-state index is 0.134. The first-order chi connectivity index (χ1) is 31.1. The van der Waals surface area contributed by atoms with Crippen LogP contribution in [0.25, 0.3) is 21.7 Å². The van der Waals surface area contributed by atoms with Crippen LogP contribution in [0.4, 0.5) is 5.69 Å². The predicted molar refractivity (Wildman–Crippen MR) is 257 cm³/mol. The molecular weight excluding hydrogens is 882 g/mol. The van der Waals surface area contributed by atoms with Crippen molar-refractivity contribution in [3.63, 3.8) is 0 Å². The zero-order valence-corrected chi connectivity index (χ0v) is 38.8. The molecule has 5 aromatic carbocycles. The molecule has 3 heterocycles. The van der Waals surface area contributed by atoms with Crippen LogP contribution in [0.15, 0.2) is 99.6 Å². The van der Waals surface area contributed by atoms with E-state index in [0.717, 1.165) is 80.8 Å². The Morgan fingerprint density at radius 2 is 1.12 bits per heavy atom. The molecule has 0 unspecified atom stereocenters. The summed E-state index contributed by atoms with van der Waals surface area (Å²) >= 11 is 12.2. The van der Waals surface area contributed by atoms with Gasteiger partial charge in [-0.15, -0.1) is 35.3 Å². The van der Waals surface area contributed by atoms with Gasteiger partial charge in [0.15, 0.2) is 11.6 Å². The molecule has 64 heavy (non-hydrogen) atoms. The number of benzene rings is 5. The highest BCUT2D eigenvalue weighted by atomic mass is 35.5. The van der Waals surface area contributed by atoms with Crippen LogP contribution in [-0.4, -0.2) is 62.3 Å². The Morgan fingerprint density at radius 1 is 0.578 bits per heavy atom. The number of imide groups is 2. The highest BCUT2D eigenvalue weighted by molar-refractivity contribution is 8.04. The topological polar surface area (TPSA) is 122 Å². The Morgan fingerprint density at radius 3 is 1.72 bits per heavy atom. The third-order valence-corrected chi connectivity index (χ3v) is 16.3. The second-order valence-corrected chi connectivity index (χ2v) is 19.8. The van der Waals surface area contributed by atoms with Crippen molar-refractivity contribution in [3.05, 3.63) is 135 Å². The first-order valence-electron chi connectivity index (χ1n) is 21.8. The molecule has 0 saturated carbocycles. The van der Waals surface area contributed by atoms with Crippen LogP contribution in [0.3, 0.4) is 0 Å². The van der Waals surface area contributed by atoms with E-state index in [0.29, 0.717) is 38.6 Å². The van der Waals surface area contributed by atoms with Gasteiger partial charge in [-0.05, 0) is 71.7 Å². The molecule has 4 amide bonds. The number of pyridine rings is 1. The van der Waals surface area contributed by atoms with Gasteiger partial charge in [-0.25, -0.2) is 9.88 Å². The number of hydrogen-bond acceptors (Lipinski definition) is 10. The number of unbranched alkanes of at least 4 members (excludes halogenated alkanes) is 3. The number of thioether (sulfide) groups is 3. The van der Waals surface area contributed by atoms with Crippen LogP contribution in [0, 0.1) is 0 Å². The summed E-state index contributed by atoms with van der Waals surface area (Å²) in [5.41, 5.74) is 2.77. The van der Waals surface area contributed by atoms with E-state index in [1.54, 1.807) is 108 Å². The first kappa shape index (κ1) is 44.0. The molecule has 13 heteroatoms. The fourth-order valence-corrected chi connectivity index (χ4v) is 13.4. The molecule has 0 bridgehead atoms. The molecule has 0 spiro atoms. The van der Waals surface area contributed by atoms with Crippen LogP contribution < -0.4 is 4.90 Å². The summed E-state index contributed by atoms with van der Waals surface area (Å²) in [6, 6.07) is 23.9. The Kier molecular flexibility index (Phi) is 12.6. The fourth-order valence-electron chi connectivity index (χ4n) is 8.71. The second-order valence-electron chi connectivity index (χ2n) is 16.1. The summed E-state index contributed by atoms with van der Waals surface area (Å²) in [4.78, 5) is 96.0. The van der Waals surface area contributed by atoms with Gasteiger partial charge in [0.25, 0.3) is 23.6 Å². The van der Waals surface area contributed by atoms with Gasteiger partial charge in [-0.3, -0.25) is 33.7 Å². The molecule has 0 radical (unpaired) electrons. The fraction of sp³-hybridized carbons (Fsp3) is 0.275. The summed E-state index contributed by atoms with van der Waals surface area (Å²) in [5, 5.41) is 2.07. The number of anilines is 1. The third kappa shape index (κ3) is 7.36. The van der Waals surface area contributed by atoms with Gasteiger partial charge in [0, 0.05) is 47.7 Å². The number of rotatable bonds is 16. The van der Waals surface area contributed by atoms with Gasteiger partial charge in [0.05, 0.1) is 39.6 Å². The van der Waals surface area contributed by atoms with Crippen molar-refractivity contribution in [2.45, 2.75) is 86.4 Å². The standard InChI is InChI=1S/C51H44ClN3O6S3/c1-4-7-24-62-45-40-39(41(52)46(63-25-8-5-2)47(45)64-26-9-6-3)50(60)55(51(40)61)36-23-20-29(27-54-48(58)33-18-12-14-28-15-13-19-34(37(28)33)49(54)59)30-21-22-35(53-42(30)36)38-43(56)31-16-10-11-17-32(31)44(38)57/h10-23,38H,4-9,24-27H2,1-3H3. The Bertz CT molecular complexity index is 2900. The number of fused-ring (bicyclic) bond motifs is 3. The van der Waals surface area contributed by atoms with E-state index in [1.807, 2.05) is 12.1 Å². The largest absolute Gasteiger partial charge is 0.293 e. The monoisotopic (exact) mass is 925 g/mol. The highest BCUT2D eigenvalue weighted by Crippen LogP contribution is 2.51. The van der Waals surface area contributed by atoms with Crippen molar-refractivity contribution in [2.24, 2.45) is 0 Å². The van der Waals surface area contributed by atoms with Crippen molar-refractivity contribution in [2.75, 3.05) is 22.2 Å². The second kappa shape index (κ2) is 18.3. The summed E-state index contributed by atoms with van der Waals surface area (Å²) in [6.45, 7) is 6.22. The number of nitrogens with zero attached hydrogens (tertiary/aromatic N) is 3. The molecule has 0 N–H and O–H groups in total. The molecule has 9 nitrogen and oxygen atoms in total. The number of hydrogen-bond donors (Lipinski definition) is 0. The van der Waals surface area contributed by atoms with E-state index in [-0.39, 0.29) is 39.6 Å². The molecule has 2 aliphatic heterocycles. The molecule has 0 saturated heterocycles. The Hall–Kier alpha value is -5.27. The van der Waals surface area contributed by atoms with Crippen molar-refractivity contribution in [1.82, 2.24) is 9.88 Å². The van der Waals surface area contributed by atoms with E-state index < -0.39 is 41.1 Å². The van der Waals surface area contributed by atoms with E-state index in [2.05, 4.69) is 20.8 Å². The summed E-state index contributed by atoms with van der Waals surface area (Å²) in [7, 11) is 0. The normalized spacial score (nSPS) is 14.8. The smallest absolute Gasteiger partial charge is 0.267 e. The van der Waals surface area contributed by atoms with Crippen LogP contribution in [-0.2, 0) is 6.54 Å². The molecule has 0 atom stereocenters. The molecule has 1 aliphatic carbocycles. The number of halogens is 1. The number of Topliss-reactive ketones (excluding diaryl/α,β-unsaturated/α-hetero) is 2. The minimum Gasteiger partial charge on any atom is -0.293 e. The molecule has 6 aromatic rings. The molecule has 1 aromatic heterocycles. The van der Waals surface area contributed by atoms with E-state index >= 15 is 9.59 Å². The van der Waals surface area contributed by atoms with Crippen molar-refractivity contribution in [1.29, 1.82) is 0 Å². The maximum Gasteiger partial charge on any atom is 0.267 e. The van der Waals surface area contributed by atoms with Gasteiger partial charge >= 0.3 is 0 Å². The lowest BCUT2D eigenvalue weighted by Gasteiger charge is -2.28. The molecule has 9 rings (SSSR count). The molecule has 324 valence electrons. The number of amides is 4. The van der Waals surface area contributed by atoms with Gasteiger partial charge in [0.1, 0.15) is 5.92 Å². The quantitative estimate of drug-likeness (QED) is 0.0401. The maximum absolute atomic E-state index is 15.2. The lowest BCUT2D eigenvalue weighted by atomic mass is 9.93. The van der Waals surface area contributed by atoms with Gasteiger partial charge in [-0.1, -0.05) is 112 Å². The molecule has 3 aliphatic rings. The van der Waals surface area contributed by atoms with Crippen molar-refractivity contribution >= 4 is 109 Å². The van der Waals surface area contributed by atoms with E-state index in [1.165, 1.54) is 4.90 Å². The number of carbonyl (C=O) groups is 6. The Labute approximate surface area is 389 Å². The zero-order chi connectivity index (χ0) is 44.8. The summed E-state index contributed by atoms with van der Waals surface area (Å²) in [6.07, 6.45) is 5.78. The third-order valence-electron chi connectivity index (χ3n) is 12.0. The van der Waals surface area contributed by atoms with E-state index in [4.69, 9.17) is 16.6 Å². The number of ketones is 2. The summed E-state index contributed by atoms with van der Waals surface area (Å²) in [5.74, 6) is -1.74. The molecule has 0 fully saturated rings.